The van der Waals surface area contributed by atoms with Crippen LogP contribution in [0.25, 0.3) is 0 Å². The fraction of sp³-hybridized carbons (Fsp3) is 0.333. The summed E-state index contributed by atoms with van der Waals surface area (Å²) in [7, 11) is 0. The SMILES string of the molecule is Cc1ccsc1C(CN)OCc1ccco1. The van der Waals surface area contributed by atoms with Crippen LogP contribution in [-0.4, -0.2) is 6.54 Å². The van der Waals surface area contributed by atoms with Crippen LogP contribution in [0.5, 0.6) is 0 Å². The molecule has 3 nitrogen and oxygen atoms in total. The molecule has 2 N–H and O–H groups in total. The molecule has 1 atom stereocenters. The molecule has 1 unspecified atom stereocenters. The summed E-state index contributed by atoms with van der Waals surface area (Å²) in [5, 5.41) is 2.06. The summed E-state index contributed by atoms with van der Waals surface area (Å²) in [6, 6.07) is 5.83. The van der Waals surface area contributed by atoms with E-state index < -0.39 is 0 Å². The van der Waals surface area contributed by atoms with E-state index in [-0.39, 0.29) is 6.10 Å². The van der Waals surface area contributed by atoms with Crippen molar-refractivity contribution < 1.29 is 9.15 Å². The lowest BCUT2D eigenvalue weighted by molar-refractivity contribution is 0.0374. The summed E-state index contributed by atoms with van der Waals surface area (Å²) in [6.07, 6.45) is 1.61. The van der Waals surface area contributed by atoms with Gasteiger partial charge in [0, 0.05) is 11.4 Å². The summed E-state index contributed by atoms with van der Waals surface area (Å²) in [6.45, 7) is 3.03. The third-order valence-corrected chi connectivity index (χ3v) is 3.53. The summed E-state index contributed by atoms with van der Waals surface area (Å²) >= 11 is 1.68. The highest BCUT2D eigenvalue weighted by Crippen LogP contribution is 2.26. The van der Waals surface area contributed by atoms with Crippen molar-refractivity contribution in [3.8, 4) is 0 Å². The molecule has 0 saturated heterocycles. The van der Waals surface area contributed by atoms with Crippen molar-refractivity contribution in [2.24, 2.45) is 5.73 Å². The van der Waals surface area contributed by atoms with Crippen LogP contribution in [0.4, 0.5) is 0 Å². The molecule has 0 aliphatic carbocycles. The first kappa shape index (κ1) is 11.4. The van der Waals surface area contributed by atoms with E-state index in [0.29, 0.717) is 13.2 Å². The maximum atomic E-state index is 5.75. The Balaban J connectivity index is 1.99. The molecule has 0 spiro atoms. The van der Waals surface area contributed by atoms with Crippen LogP contribution < -0.4 is 5.73 Å². The molecule has 0 aromatic carbocycles. The molecule has 86 valence electrons. The second-order valence-corrected chi connectivity index (χ2v) is 4.53. The summed E-state index contributed by atoms with van der Waals surface area (Å²) in [5.74, 6) is 0.827. The predicted octanol–water partition coefficient (Wildman–Crippen LogP) is 2.87. The van der Waals surface area contributed by atoms with Crippen LogP contribution in [0.1, 0.15) is 22.3 Å². The van der Waals surface area contributed by atoms with Gasteiger partial charge in [0.15, 0.2) is 0 Å². The lowest BCUT2D eigenvalue weighted by Crippen LogP contribution is -2.15. The molecular weight excluding hydrogens is 222 g/mol. The van der Waals surface area contributed by atoms with Crippen molar-refractivity contribution in [1.82, 2.24) is 0 Å². The molecule has 2 aromatic heterocycles. The number of nitrogens with two attached hydrogens (primary N) is 1. The summed E-state index contributed by atoms with van der Waals surface area (Å²) in [4.78, 5) is 1.20. The topological polar surface area (TPSA) is 48.4 Å². The zero-order chi connectivity index (χ0) is 11.4. The number of rotatable bonds is 5. The molecule has 2 heterocycles. The molecule has 0 amide bonds. The van der Waals surface area contributed by atoms with E-state index in [2.05, 4.69) is 18.4 Å². The Morgan fingerprint density at radius 1 is 1.50 bits per heavy atom. The Kier molecular flexibility index (Phi) is 3.77. The lowest BCUT2D eigenvalue weighted by Gasteiger charge is -2.14. The monoisotopic (exact) mass is 237 g/mol. The van der Waals surface area contributed by atoms with Gasteiger partial charge in [-0.25, -0.2) is 0 Å². The summed E-state index contributed by atoms with van der Waals surface area (Å²) in [5.41, 5.74) is 6.96. The first-order valence-corrected chi connectivity index (χ1v) is 6.07. The van der Waals surface area contributed by atoms with E-state index >= 15 is 0 Å². The number of hydrogen-bond donors (Lipinski definition) is 1. The molecule has 0 bridgehead atoms. The third kappa shape index (κ3) is 2.52. The van der Waals surface area contributed by atoms with Gasteiger partial charge in [0.25, 0.3) is 0 Å². The Morgan fingerprint density at radius 2 is 2.38 bits per heavy atom. The fourth-order valence-electron chi connectivity index (χ4n) is 1.54. The zero-order valence-electron chi connectivity index (χ0n) is 9.18. The molecule has 0 aliphatic heterocycles. The molecule has 4 heteroatoms. The molecule has 2 rings (SSSR count). The van der Waals surface area contributed by atoms with Gasteiger partial charge < -0.3 is 14.9 Å². The van der Waals surface area contributed by atoms with Crippen molar-refractivity contribution >= 4 is 11.3 Å². The molecule has 16 heavy (non-hydrogen) atoms. The van der Waals surface area contributed by atoms with Crippen LogP contribution in [0.15, 0.2) is 34.3 Å². The van der Waals surface area contributed by atoms with Gasteiger partial charge in [-0.3, -0.25) is 0 Å². The predicted molar refractivity (Wildman–Crippen MR) is 64.3 cm³/mol. The Morgan fingerprint density at radius 3 is 2.94 bits per heavy atom. The molecule has 0 saturated carbocycles. The molecule has 0 radical (unpaired) electrons. The number of aryl methyl sites for hydroxylation is 1. The number of hydrogen-bond acceptors (Lipinski definition) is 4. The number of thiophene rings is 1. The van der Waals surface area contributed by atoms with E-state index in [0.717, 1.165) is 5.76 Å². The minimum atomic E-state index is -0.0369. The zero-order valence-corrected chi connectivity index (χ0v) is 10.00. The van der Waals surface area contributed by atoms with Crippen LogP contribution in [0.2, 0.25) is 0 Å². The van der Waals surface area contributed by atoms with Crippen molar-refractivity contribution in [2.75, 3.05) is 6.54 Å². The van der Waals surface area contributed by atoms with E-state index in [1.54, 1.807) is 17.6 Å². The fourth-order valence-corrected chi connectivity index (χ4v) is 2.53. The second-order valence-electron chi connectivity index (χ2n) is 3.58. The quantitative estimate of drug-likeness (QED) is 0.869. The van der Waals surface area contributed by atoms with Crippen molar-refractivity contribution in [3.05, 3.63) is 46.0 Å². The standard InChI is InChI=1S/C12H15NO2S/c1-9-4-6-16-12(9)11(7-13)15-8-10-3-2-5-14-10/h2-6,11H,7-8,13H2,1H3. The molecule has 0 fully saturated rings. The van der Waals surface area contributed by atoms with Crippen molar-refractivity contribution in [2.45, 2.75) is 19.6 Å². The highest BCUT2D eigenvalue weighted by atomic mass is 32.1. The molecule has 2 aromatic rings. The Bertz CT molecular complexity index is 422. The van der Waals surface area contributed by atoms with Gasteiger partial charge >= 0.3 is 0 Å². The average Bonchev–Trinajstić information content (AvgIpc) is 2.92. The largest absolute Gasteiger partial charge is 0.467 e. The van der Waals surface area contributed by atoms with Gasteiger partial charge in [-0.2, -0.15) is 0 Å². The number of furan rings is 1. The minimum absolute atomic E-state index is 0.0369. The van der Waals surface area contributed by atoms with Gasteiger partial charge in [-0.05, 0) is 36.1 Å². The van der Waals surface area contributed by atoms with Gasteiger partial charge in [0.05, 0.1) is 6.26 Å². The molecule has 0 aliphatic rings. The van der Waals surface area contributed by atoms with Gasteiger partial charge in [-0.15, -0.1) is 11.3 Å². The maximum absolute atomic E-state index is 5.75. The first-order chi connectivity index (χ1) is 7.81. The smallest absolute Gasteiger partial charge is 0.129 e. The maximum Gasteiger partial charge on any atom is 0.129 e. The lowest BCUT2D eigenvalue weighted by atomic mass is 10.2. The number of ether oxygens (including phenoxy) is 1. The highest BCUT2D eigenvalue weighted by Gasteiger charge is 2.14. The van der Waals surface area contributed by atoms with E-state index in [1.165, 1.54) is 10.4 Å². The first-order valence-electron chi connectivity index (χ1n) is 5.19. The third-order valence-electron chi connectivity index (χ3n) is 2.42. The van der Waals surface area contributed by atoms with Crippen molar-refractivity contribution in [3.63, 3.8) is 0 Å². The Hall–Kier alpha value is -1.10. The highest BCUT2D eigenvalue weighted by molar-refractivity contribution is 7.10. The molecular formula is C12H15NO2S. The van der Waals surface area contributed by atoms with Crippen LogP contribution in [-0.2, 0) is 11.3 Å². The van der Waals surface area contributed by atoms with Gasteiger partial charge in [0.2, 0.25) is 0 Å². The minimum Gasteiger partial charge on any atom is -0.467 e. The van der Waals surface area contributed by atoms with Gasteiger partial charge in [-0.1, -0.05) is 0 Å². The van der Waals surface area contributed by atoms with Crippen LogP contribution >= 0.6 is 11.3 Å². The van der Waals surface area contributed by atoms with Crippen LogP contribution in [0.3, 0.4) is 0 Å². The average molecular weight is 237 g/mol. The Labute approximate surface area is 98.8 Å². The van der Waals surface area contributed by atoms with E-state index in [4.69, 9.17) is 14.9 Å². The summed E-state index contributed by atoms with van der Waals surface area (Å²) < 4.78 is 11.0. The van der Waals surface area contributed by atoms with E-state index in [9.17, 15) is 0 Å². The van der Waals surface area contributed by atoms with Gasteiger partial charge in [0.1, 0.15) is 18.5 Å². The van der Waals surface area contributed by atoms with Crippen LogP contribution in [0, 0.1) is 6.92 Å². The van der Waals surface area contributed by atoms with E-state index in [1.807, 2.05) is 12.1 Å². The normalized spacial score (nSPS) is 12.9. The van der Waals surface area contributed by atoms with Crippen molar-refractivity contribution in [1.29, 1.82) is 0 Å². The second kappa shape index (κ2) is 5.30.